The molecule has 5 N–H and O–H groups in total. The van der Waals surface area contributed by atoms with Gasteiger partial charge in [-0.25, -0.2) is 4.79 Å². The molecular weight excluding hydrogens is 557 g/mol. The molecule has 42 heavy (non-hydrogen) atoms. The Hall–Kier alpha value is -4.94. The Morgan fingerprint density at radius 3 is 2.29 bits per heavy atom. The number of methoxy groups -OCH3 is 1. The highest BCUT2D eigenvalue weighted by Crippen LogP contribution is 2.30. The van der Waals surface area contributed by atoms with Crippen LogP contribution in [0.5, 0.6) is 0 Å². The number of carboxylic acids is 1. The molecule has 2 aromatic carbocycles. The fourth-order valence-electron chi connectivity index (χ4n) is 4.67. The lowest BCUT2D eigenvalue weighted by Gasteiger charge is -2.30. The monoisotopic (exact) mass is 586 g/mol. The molecule has 0 aliphatic carbocycles. The van der Waals surface area contributed by atoms with E-state index in [0.717, 1.165) is 23.1 Å². The SMILES string of the molecule is COC(=O)C(Cc1cccc(C(=N)N)c1)[C@H]1CCCN1C(=O)c1ccc(-c2ccc(=O)[nH]c2)cc1.O=C(O)C(F)(F)F. The summed E-state index contributed by atoms with van der Waals surface area (Å²) >= 11 is 0. The van der Waals surface area contributed by atoms with Gasteiger partial charge >= 0.3 is 18.1 Å². The molecule has 2 heterocycles. The van der Waals surface area contributed by atoms with Crippen LogP contribution in [0.1, 0.15) is 34.3 Å². The number of pyridine rings is 1. The Kier molecular flexibility index (Phi) is 10.2. The zero-order valence-corrected chi connectivity index (χ0v) is 22.5. The summed E-state index contributed by atoms with van der Waals surface area (Å²) < 4.78 is 36.8. The van der Waals surface area contributed by atoms with Gasteiger partial charge in [0.15, 0.2) is 0 Å². The third-order valence-electron chi connectivity index (χ3n) is 6.71. The van der Waals surface area contributed by atoms with Crippen LogP contribution < -0.4 is 11.3 Å². The van der Waals surface area contributed by atoms with Gasteiger partial charge in [0.05, 0.1) is 13.0 Å². The zero-order valence-electron chi connectivity index (χ0n) is 22.5. The zero-order chi connectivity index (χ0) is 31.0. The Balaban J connectivity index is 0.000000616. The molecule has 1 aliphatic heterocycles. The average molecular weight is 587 g/mol. The van der Waals surface area contributed by atoms with E-state index in [1.807, 2.05) is 24.3 Å². The minimum atomic E-state index is -5.08. The number of nitrogens with zero attached hydrogens (tertiary/aromatic N) is 1. The van der Waals surface area contributed by atoms with Crippen LogP contribution in [0.2, 0.25) is 0 Å². The molecule has 10 nitrogen and oxygen atoms in total. The molecule has 0 radical (unpaired) electrons. The van der Waals surface area contributed by atoms with E-state index in [9.17, 15) is 27.6 Å². The van der Waals surface area contributed by atoms with E-state index in [2.05, 4.69) is 4.98 Å². The number of nitrogens with two attached hydrogens (primary N) is 1. The lowest BCUT2D eigenvalue weighted by Crippen LogP contribution is -2.44. The molecule has 1 aliphatic rings. The van der Waals surface area contributed by atoms with E-state index in [-0.39, 0.29) is 29.3 Å². The number of hydrogen-bond acceptors (Lipinski definition) is 6. The van der Waals surface area contributed by atoms with Crippen molar-refractivity contribution in [1.82, 2.24) is 9.88 Å². The molecule has 222 valence electrons. The molecule has 3 aromatic rings. The normalized spacial score (nSPS) is 15.2. The van der Waals surface area contributed by atoms with Crippen molar-refractivity contribution in [2.24, 2.45) is 11.7 Å². The standard InChI is InChI=1S/C27H28N4O4.C2HF3O2/c1-35-27(34)22(15-17-4-2-5-20(14-17)25(28)29)23-6-3-13-31(23)26(33)19-9-7-18(8-10-19)21-11-12-24(32)30-16-21;3-2(4,5)1(6)7/h2,4-5,7-12,14,16,22-23H,3,6,13,15H2,1H3,(H3,28,29)(H,30,32);(H,6,7)/t22?,23-;/m1./s1. The Bertz CT molecular complexity index is 1480. The molecule has 1 fully saturated rings. The maximum absolute atomic E-state index is 13.4. The smallest absolute Gasteiger partial charge is 0.475 e. The van der Waals surface area contributed by atoms with Crippen LogP contribution in [-0.2, 0) is 20.7 Å². The van der Waals surface area contributed by atoms with Gasteiger partial charge in [0, 0.05) is 36.0 Å². The Morgan fingerprint density at radius 2 is 1.74 bits per heavy atom. The highest BCUT2D eigenvalue weighted by molar-refractivity contribution is 5.96. The molecule has 0 bridgehead atoms. The van der Waals surface area contributed by atoms with Gasteiger partial charge < -0.3 is 25.5 Å². The number of benzene rings is 2. The van der Waals surface area contributed by atoms with Crippen molar-refractivity contribution in [2.45, 2.75) is 31.5 Å². The number of halogens is 3. The van der Waals surface area contributed by atoms with Gasteiger partial charge in [-0.3, -0.25) is 19.8 Å². The van der Waals surface area contributed by atoms with Crippen LogP contribution in [0.15, 0.2) is 71.7 Å². The molecule has 2 atom stereocenters. The number of nitrogen functional groups attached to an aromatic ring is 1. The maximum Gasteiger partial charge on any atom is 0.490 e. The first-order valence-corrected chi connectivity index (χ1v) is 12.7. The molecule has 13 heteroatoms. The quantitative estimate of drug-likeness (QED) is 0.186. The van der Waals surface area contributed by atoms with E-state index in [4.69, 9.17) is 25.8 Å². The number of alkyl halides is 3. The van der Waals surface area contributed by atoms with Gasteiger partial charge in [-0.1, -0.05) is 30.3 Å². The number of ether oxygens (including phenoxy) is 1. The Morgan fingerprint density at radius 1 is 1.10 bits per heavy atom. The number of amides is 1. The summed E-state index contributed by atoms with van der Waals surface area (Å²) in [6.07, 6.45) is -1.56. The number of aromatic amines is 1. The van der Waals surface area contributed by atoms with Gasteiger partial charge in [0.2, 0.25) is 5.56 Å². The largest absolute Gasteiger partial charge is 0.490 e. The van der Waals surface area contributed by atoms with E-state index >= 15 is 0 Å². The molecular formula is C29H29F3N4O6. The van der Waals surface area contributed by atoms with Gasteiger partial charge in [-0.05, 0) is 60.2 Å². The third kappa shape index (κ3) is 8.05. The topological polar surface area (TPSA) is 167 Å². The number of aromatic nitrogens is 1. The number of esters is 1. The number of carboxylic acid groups (broad SMARTS) is 1. The average Bonchev–Trinajstić information content (AvgIpc) is 3.45. The molecule has 0 spiro atoms. The van der Waals surface area contributed by atoms with Crippen LogP contribution in [-0.4, -0.2) is 64.5 Å². The van der Waals surface area contributed by atoms with Crippen LogP contribution in [0.4, 0.5) is 13.2 Å². The summed E-state index contributed by atoms with van der Waals surface area (Å²) in [6, 6.07) is 17.4. The van der Waals surface area contributed by atoms with E-state index in [1.54, 1.807) is 41.4 Å². The summed E-state index contributed by atoms with van der Waals surface area (Å²) in [5.41, 5.74) is 9.17. The summed E-state index contributed by atoms with van der Waals surface area (Å²) in [4.78, 5) is 50.9. The number of H-pyrrole nitrogens is 1. The van der Waals surface area contributed by atoms with Crippen molar-refractivity contribution in [2.75, 3.05) is 13.7 Å². The minimum Gasteiger partial charge on any atom is -0.475 e. The van der Waals surface area contributed by atoms with Crippen molar-refractivity contribution in [3.8, 4) is 11.1 Å². The van der Waals surface area contributed by atoms with E-state index in [0.29, 0.717) is 30.5 Å². The van der Waals surface area contributed by atoms with Crippen molar-refractivity contribution in [1.29, 1.82) is 5.41 Å². The van der Waals surface area contributed by atoms with Crippen LogP contribution >= 0.6 is 0 Å². The second-order valence-electron chi connectivity index (χ2n) is 9.48. The maximum atomic E-state index is 13.4. The molecule has 1 saturated heterocycles. The lowest BCUT2D eigenvalue weighted by atomic mass is 9.89. The van der Waals surface area contributed by atoms with Crippen molar-refractivity contribution in [3.05, 3.63) is 93.9 Å². The van der Waals surface area contributed by atoms with Crippen molar-refractivity contribution >= 4 is 23.7 Å². The number of hydrogen-bond donors (Lipinski definition) is 4. The van der Waals surface area contributed by atoms with Crippen LogP contribution in [0, 0.1) is 11.3 Å². The second-order valence-corrected chi connectivity index (χ2v) is 9.48. The van der Waals surface area contributed by atoms with Crippen molar-refractivity contribution < 1.29 is 37.4 Å². The van der Waals surface area contributed by atoms with E-state index < -0.39 is 18.1 Å². The molecule has 0 saturated carbocycles. The number of aliphatic carboxylic acids is 1. The first-order chi connectivity index (χ1) is 19.8. The summed E-state index contributed by atoms with van der Waals surface area (Å²) in [5.74, 6) is -3.82. The summed E-state index contributed by atoms with van der Waals surface area (Å²) in [5, 5.41) is 14.8. The fraction of sp³-hybridized carbons (Fsp3) is 0.276. The third-order valence-corrected chi connectivity index (χ3v) is 6.71. The number of amidine groups is 1. The number of nitrogens with one attached hydrogen (secondary N) is 2. The predicted octanol–water partition coefficient (Wildman–Crippen LogP) is 3.60. The lowest BCUT2D eigenvalue weighted by molar-refractivity contribution is -0.192. The van der Waals surface area contributed by atoms with E-state index in [1.165, 1.54) is 13.2 Å². The first kappa shape index (κ1) is 31.6. The fourth-order valence-corrected chi connectivity index (χ4v) is 4.67. The number of carbonyl (C=O) groups is 3. The highest BCUT2D eigenvalue weighted by atomic mass is 19.4. The second kappa shape index (κ2) is 13.6. The molecule has 4 rings (SSSR count). The van der Waals surface area contributed by atoms with Crippen molar-refractivity contribution in [3.63, 3.8) is 0 Å². The number of carbonyl (C=O) groups excluding carboxylic acids is 2. The Labute approximate surface area is 238 Å². The number of rotatable bonds is 7. The first-order valence-electron chi connectivity index (χ1n) is 12.7. The van der Waals surface area contributed by atoms with Gasteiger partial charge in [-0.15, -0.1) is 0 Å². The van der Waals surface area contributed by atoms with Crippen LogP contribution in [0.25, 0.3) is 11.1 Å². The van der Waals surface area contributed by atoms with Gasteiger partial charge in [0.25, 0.3) is 5.91 Å². The predicted molar refractivity (Wildman–Crippen MR) is 147 cm³/mol. The highest BCUT2D eigenvalue weighted by Gasteiger charge is 2.39. The van der Waals surface area contributed by atoms with Gasteiger partial charge in [-0.2, -0.15) is 13.2 Å². The number of likely N-dealkylation sites (tertiary alicyclic amines) is 1. The summed E-state index contributed by atoms with van der Waals surface area (Å²) in [7, 11) is 1.36. The molecule has 1 aromatic heterocycles. The minimum absolute atomic E-state index is 0.0375. The molecule has 1 unspecified atom stereocenters. The molecule has 1 amide bonds. The summed E-state index contributed by atoms with van der Waals surface area (Å²) in [6.45, 7) is 0.562. The van der Waals surface area contributed by atoms with Gasteiger partial charge in [0.1, 0.15) is 5.84 Å². The van der Waals surface area contributed by atoms with Crippen LogP contribution in [0.3, 0.4) is 0 Å².